The molecule has 0 unspecified atom stereocenters. The number of aromatic nitrogens is 3. The van der Waals surface area contributed by atoms with Crippen LogP contribution in [0.3, 0.4) is 0 Å². The minimum atomic E-state index is -0.164. The molecule has 4 rings (SSSR count). The first-order chi connectivity index (χ1) is 12.7. The van der Waals surface area contributed by atoms with Gasteiger partial charge >= 0.3 is 0 Å². The number of carbonyl (C=O) groups is 1. The molecule has 1 aliphatic heterocycles. The minimum Gasteiger partial charge on any atom is -0.373 e. The summed E-state index contributed by atoms with van der Waals surface area (Å²) < 4.78 is 8.57. The van der Waals surface area contributed by atoms with Crippen LogP contribution in [-0.2, 0) is 16.1 Å². The molecule has 7 heteroatoms. The van der Waals surface area contributed by atoms with E-state index in [4.69, 9.17) is 17.0 Å². The van der Waals surface area contributed by atoms with Gasteiger partial charge in [-0.3, -0.25) is 9.89 Å². The number of hydrogen-bond acceptors (Lipinski definition) is 4. The second-order valence-corrected chi connectivity index (χ2v) is 7.44. The van der Waals surface area contributed by atoms with Crippen LogP contribution in [-0.4, -0.2) is 33.8 Å². The molecule has 1 aliphatic carbocycles. The van der Waals surface area contributed by atoms with E-state index in [9.17, 15) is 4.79 Å². The predicted molar refractivity (Wildman–Crippen MR) is 100 cm³/mol. The number of amides is 1. The van der Waals surface area contributed by atoms with Gasteiger partial charge in [-0.2, -0.15) is 5.10 Å². The molecule has 1 aromatic heterocycles. The molecule has 26 heavy (non-hydrogen) atoms. The van der Waals surface area contributed by atoms with Crippen LogP contribution in [0.2, 0.25) is 0 Å². The van der Waals surface area contributed by atoms with Crippen molar-refractivity contribution in [1.29, 1.82) is 0 Å². The van der Waals surface area contributed by atoms with E-state index >= 15 is 0 Å². The highest BCUT2D eigenvalue weighted by Gasteiger charge is 2.33. The van der Waals surface area contributed by atoms with Crippen molar-refractivity contribution in [2.24, 2.45) is 5.92 Å². The molecular weight excluding hydrogens is 348 g/mol. The van der Waals surface area contributed by atoms with E-state index in [1.807, 2.05) is 34.9 Å². The SMILES string of the molecule is O=C(NCCn1c(C2CC2)n[nH]c1=S)[C@@H]1CCCO[C@H]1c1ccccc1. The average Bonchev–Trinajstić information content (AvgIpc) is 3.46. The molecule has 2 atom stereocenters. The lowest BCUT2D eigenvalue weighted by molar-refractivity contribution is -0.134. The van der Waals surface area contributed by atoms with Gasteiger partial charge in [-0.05, 0) is 43.5 Å². The fourth-order valence-corrected chi connectivity index (χ4v) is 3.87. The summed E-state index contributed by atoms with van der Waals surface area (Å²) in [5.41, 5.74) is 1.07. The highest BCUT2D eigenvalue weighted by molar-refractivity contribution is 7.71. The maximum Gasteiger partial charge on any atom is 0.226 e. The number of aromatic amines is 1. The van der Waals surface area contributed by atoms with E-state index in [0.29, 0.717) is 30.4 Å². The summed E-state index contributed by atoms with van der Waals surface area (Å²) in [6, 6.07) is 10.0. The molecule has 0 radical (unpaired) electrons. The van der Waals surface area contributed by atoms with Crippen molar-refractivity contribution < 1.29 is 9.53 Å². The zero-order valence-corrected chi connectivity index (χ0v) is 15.5. The topological polar surface area (TPSA) is 71.9 Å². The van der Waals surface area contributed by atoms with Crippen LogP contribution in [0.1, 0.15) is 49.1 Å². The Kier molecular flexibility index (Phi) is 5.17. The number of nitrogens with zero attached hydrogens (tertiary/aromatic N) is 2. The normalized spacial score (nSPS) is 22.9. The average molecular weight is 372 g/mol. The van der Waals surface area contributed by atoms with Crippen molar-refractivity contribution in [3.05, 3.63) is 46.5 Å². The van der Waals surface area contributed by atoms with E-state index in [-0.39, 0.29) is 17.9 Å². The maximum absolute atomic E-state index is 12.8. The minimum absolute atomic E-state index is 0.0570. The third-order valence-electron chi connectivity index (χ3n) is 5.15. The van der Waals surface area contributed by atoms with Gasteiger partial charge in [0.15, 0.2) is 4.77 Å². The fraction of sp³-hybridized carbons (Fsp3) is 0.526. The van der Waals surface area contributed by atoms with Crippen LogP contribution < -0.4 is 5.32 Å². The summed E-state index contributed by atoms with van der Waals surface area (Å²) >= 11 is 5.32. The zero-order chi connectivity index (χ0) is 17.9. The molecule has 2 aliphatic rings. The van der Waals surface area contributed by atoms with Crippen LogP contribution in [0.4, 0.5) is 0 Å². The standard InChI is InChI=1S/C19H24N4O2S/c24-18(15-7-4-12-25-16(15)13-5-2-1-3-6-13)20-10-11-23-17(14-8-9-14)21-22-19(23)26/h1-3,5-6,14-16H,4,7-12H2,(H,20,24)(H,22,26)/t15-,16+/m1/s1. The molecule has 6 nitrogen and oxygen atoms in total. The predicted octanol–water partition coefficient (Wildman–Crippen LogP) is 3.10. The van der Waals surface area contributed by atoms with Gasteiger partial charge in [-0.25, -0.2) is 0 Å². The zero-order valence-electron chi connectivity index (χ0n) is 14.7. The van der Waals surface area contributed by atoms with Gasteiger partial charge < -0.3 is 14.6 Å². The second kappa shape index (κ2) is 7.72. The van der Waals surface area contributed by atoms with Crippen LogP contribution in [0, 0.1) is 10.7 Å². The third-order valence-corrected chi connectivity index (χ3v) is 5.46. The monoisotopic (exact) mass is 372 g/mol. The Bertz CT molecular complexity index is 812. The summed E-state index contributed by atoms with van der Waals surface area (Å²) in [4.78, 5) is 12.8. The number of hydrogen-bond donors (Lipinski definition) is 2. The van der Waals surface area contributed by atoms with Gasteiger partial charge in [0.1, 0.15) is 5.82 Å². The molecule has 138 valence electrons. The number of nitrogens with one attached hydrogen (secondary N) is 2. The van der Waals surface area contributed by atoms with Crippen LogP contribution >= 0.6 is 12.2 Å². The molecule has 0 bridgehead atoms. The Morgan fingerprint density at radius 2 is 2.12 bits per heavy atom. The number of ether oxygens (including phenoxy) is 1. The van der Waals surface area contributed by atoms with Crippen molar-refractivity contribution in [2.45, 2.75) is 44.2 Å². The van der Waals surface area contributed by atoms with Gasteiger partial charge in [0, 0.05) is 25.6 Å². The molecule has 2 N–H and O–H groups in total. The van der Waals surface area contributed by atoms with E-state index in [1.54, 1.807) is 0 Å². The summed E-state index contributed by atoms with van der Waals surface area (Å²) in [7, 11) is 0. The number of carbonyl (C=O) groups excluding carboxylic acids is 1. The van der Waals surface area contributed by atoms with E-state index in [1.165, 1.54) is 12.8 Å². The molecule has 2 aromatic rings. The summed E-state index contributed by atoms with van der Waals surface area (Å²) in [5.74, 6) is 1.45. The Morgan fingerprint density at radius 3 is 2.88 bits per heavy atom. The highest BCUT2D eigenvalue weighted by Crippen LogP contribution is 2.38. The molecule has 0 spiro atoms. The fourth-order valence-electron chi connectivity index (χ4n) is 3.64. The molecule has 2 fully saturated rings. The maximum atomic E-state index is 12.8. The first-order valence-electron chi connectivity index (χ1n) is 9.33. The molecular formula is C19H24N4O2S. The largest absolute Gasteiger partial charge is 0.373 e. The van der Waals surface area contributed by atoms with Gasteiger partial charge in [-0.15, -0.1) is 0 Å². The van der Waals surface area contributed by atoms with E-state index in [0.717, 1.165) is 24.2 Å². The Balaban J connectivity index is 1.38. The van der Waals surface area contributed by atoms with Crippen molar-refractivity contribution in [3.8, 4) is 0 Å². The Morgan fingerprint density at radius 1 is 1.31 bits per heavy atom. The van der Waals surface area contributed by atoms with Crippen molar-refractivity contribution >= 4 is 18.1 Å². The molecule has 1 saturated carbocycles. The van der Waals surface area contributed by atoms with Gasteiger partial charge in [0.05, 0.1) is 12.0 Å². The number of rotatable bonds is 6. The lowest BCUT2D eigenvalue weighted by Crippen LogP contribution is -2.38. The Labute approximate surface area is 158 Å². The molecule has 1 saturated heterocycles. The highest BCUT2D eigenvalue weighted by atomic mass is 32.1. The number of benzene rings is 1. The molecule has 2 heterocycles. The second-order valence-electron chi connectivity index (χ2n) is 7.05. The first kappa shape index (κ1) is 17.4. The summed E-state index contributed by atoms with van der Waals surface area (Å²) in [5, 5.41) is 10.3. The summed E-state index contributed by atoms with van der Waals surface area (Å²) in [6.45, 7) is 1.90. The van der Waals surface area contributed by atoms with E-state index in [2.05, 4.69) is 15.5 Å². The smallest absolute Gasteiger partial charge is 0.226 e. The lowest BCUT2D eigenvalue weighted by Gasteiger charge is -2.31. The van der Waals surface area contributed by atoms with Crippen LogP contribution in [0.25, 0.3) is 0 Å². The van der Waals surface area contributed by atoms with Crippen LogP contribution in [0.15, 0.2) is 30.3 Å². The van der Waals surface area contributed by atoms with E-state index < -0.39 is 0 Å². The lowest BCUT2D eigenvalue weighted by atomic mass is 9.89. The van der Waals surface area contributed by atoms with Gasteiger partial charge in [-0.1, -0.05) is 30.3 Å². The first-order valence-corrected chi connectivity index (χ1v) is 9.74. The summed E-state index contributed by atoms with van der Waals surface area (Å²) in [6.07, 6.45) is 3.95. The van der Waals surface area contributed by atoms with Crippen molar-refractivity contribution in [3.63, 3.8) is 0 Å². The van der Waals surface area contributed by atoms with Crippen molar-refractivity contribution in [1.82, 2.24) is 20.1 Å². The number of H-pyrrole nitrogens is 1. The molecule has 1 aromatic carbocycles. The van der Waals surface area contributed by atoms with Gasteiger partial charge in [0.2, 0.25) is 5.91 Å². The quantitative estimate of drug-likeness (QED) is 0.765. The third kappa shape index (κ3) is 3.73. The Hall–Kier alpha value is -1.99. The van der Waals surface area contributed by atoms with Crippen LogP contribution in [0.5, 0.6) is 0 Å². The van der Waals surface area contributed by atoms with Gasteiger partial charge in [0.25, 0.3) is 0 Å². The van der Waals surface area contributed by atoms with Crippen molar-refractivity contribution in [2.75, 3.05) is 13.2 Å². The molecule has 1 amide bonds.